The zero-order chi connectivity index (χ0) is 19.2. The lowest BCUT2D eigenvalue weighted by atomic mass is 9.84. The predicted octanol–water partition coefficient (Wildman–Crippen LogP) is 0.821. The molecule has 0 bridgehead atoms. The fraction of sp³-hybridized carbons (Fsp3) is 0.353. The third kappa shape index (κ3) is 3.05. The van der Waals surface area contributed by atoms with Gasteiger partial charge < -0.3 is 14.8 Å². The van der Waals surface area contributed by atoms with Crippen LogP contribution in [0.2, 0.25) is 0 Å². The Balaban J connectivity index is 1.51. The minimum Gasteiger partial charge on any atom is -0.356 e. The highest BCUT2D eigenvalue weighted by Crippen LogP contribution is 2.36. The molecule has 0 saturated heterocycles. The number of nitrogens with one attached hydrogen (secondary N) is 1. The largest absolute Gasteiger partial charge is 0.356 e. The van der Waals surface area contributed by atoms with Gasteiger partial charge in [0, 0.05) is 31.9 Å². The maximum atomic E-state index is 12.0. The smallest absolute Gasteiger partial charge is 0.253 e. The highest BCUT2D eigenvalue weighted by molar-refractivity contribution is 7.93. The second kappa shape index (κ2) is 6.37. The van der Waals surface area contributed by atoms with E-state index in [1.54, 1.807) is 11.0 Å². The highest BCUT2D eigenvalue weighted by atomic mass is 32.2. The number of aromatic amines is 1. The summed E-state index contributed by atoms with van der Waals surface area (Å²) >= 11 is 0. The van der Waals surface area contributed by atoms with Crippen LogP contribution in [0.15, 0.2) is 41.3 Å². The Kier molecular flexibility index (Phi) is 4.13. The van der Waals surface area contributed by atoms with E-state index in [0.717, 1.165) is 29.7 Å². The van der Waals surface area contributed by atoms with Crippen LogP contribution in [0.5, 0.6) is 0 Å². The van der Waals surface area contributed by atoms with Gasteiger partial charge in [0.25, 0.3) is 10.0 Å². The maximum Gasteiger partial charge on any atom is 0.253 e. The van der Waals surface area contributed by atoms with E-state index in [4.69, 9.17) is 10.4 Å². The Morgan fingerprint density at radius 2 is 2.19 bits per heavy atom. The molecule has 2 aromatic heterocycles. The van der Waals surface area contributed by atoms with Gasteiger partial charge in [0.15, 0.2) is 0 Å². The average Bonchev–Trinajstić information content (AvgIpc) is 3.08. The third-order valence-electron chi connectivity index (χ3n) is 5.23. The summed E-state index contributed by atoms with van der Waals surface area (Å²) < 4.78 is 23.9. The number of nitrogens with two attached hydrogens (primary N) is 1. The molecule has 1 aliphatic heterocycles. The van der Waals surface area contributed by atoms with Crippen molar-refractivity contribution >= 4 is 26.9 Å². The van der Waals surface area contributed by atoms with Crippen molar-refractivity contribution in [1.82, 2.24) is 19.9 Å². The van der Waals surface area contributed by atoms with Gasteiger partial charge in [0.1, 0.15) is 22.8 Å². The van der Waals surface area contributed by atoms with E-state index >= 15 is 0 Å². The van der Waals surface area contributed by atoms with E-state index in [9.17, 15) is 8.42 Å². The fourth-order valence-electron chi connectivity index (χ4n) is 3.66. The summed E-state index contributed by atoms with van der Waals surface area (Å²) in [6, 6.07) is 4.19. The molecule has 1 aliphatic carbocycles. The second-order valence-corrected chi connectivity index (χ2v) is 8.29. The Hall–Kier alpha value is -2.90. The van der Waals surface area contributed by atoms with E-state index in [0.29, 0.717) is 12.1 Å². The van der Waals surface area contributed by atoms with E-state index in [2.05, 4.69) is 19.9 Å². The number of primary sulfonamides is 1. The van der Waals surface area contributed by atoms with Gasteiger partial charge in [-0.3, -0.25) is 0 Å². The molecule has 0 atom stereocenters. The molecule has 0 spiro atoms. The van der Waals surface area contributed by atoms with Crippen molar-refractivity contribution < 1.29 is 8.42 Å². The Morgan fingerprint density at radius 3 is 2.89 bits per heavy atom. The van der Waals surface area contributed by atoms with Crippen molar-refractivity contribution in [2.45, 2.75) is 24.9 Å². The number of anilines is 1. The lowest BCUT2D eigenvalue weighted by Gasteiger charge is -2.48. The lowest BCUT2D eigenvalue weighted by Crippen LogP contribution is -2.54. The molecule has 140 valence electrons. The number of sulfonamides is 1. The van der Waals surface area contributed by atoms with Crippen molar-refractivity contribution in [3.05, 3.63) is 41.3 Å². The summed E-state index contributed by atoms with van der Waals surface area (Å²) in [5.41, 5.74) is 1.10. The van der Waals surface area contributed by atoms with Crippen LogP contribution in [0.4, 0.5) is 5.82 Å². The van der Waals surface area contributed by atoms with Crippen LogP contribution in [-0.2, 0) is 10.0 Å². The van der Waals surface area contributed by atoms with Crippen molar-refractivity contribution in [2.75, 3.05) is 18.5 Å². The molecule has 1 fully saturated rings. The number of aromatic nitrogens is 3. The van der Waals surface area contributed by atoms with Crippen LogP contribution in [0.1, 0.15) is 12.8 Å². The molecule has 3 N–H and O–H groups in total. The molecular weight excluding hydrogens is 366 g/mol. The Bertz CT molecular complexity index is 1090. The van der Waals surface area contributed by atoms with Crippen LogP contribution < -0.4 is 10.0 Å². The van der Waals surface area contributed by atoms with Crippen LogP contribution >= 0.6 is 0 Å². The first-order valence-corrected chi connectivity index (χ1v) is 10.1. The molecule has 0 aromatic carbocycles. The summed E-state index contributed by atoms with van der Waals surface area (Å²) in [4.78, 5) is 15.6. The summed E-state index contributed by atoms with van der Waals surface area (Å²) in [6.45, 7) is 0.363. The number of hydrogen-bond donors (Lipinski definition) is 2. The van der Waals surface area contributed by atoms with Gasteiger partial charge in [0.2, 0.25) is 0 Å². The second-order valence-electron chi connectivity index (χ2n) is 6.78. The first kappa shape index (κ1) is 17.5. The molecule has 2 aliphatic rings. The Labute approximate surface area is 156 Å². The molecule has 1 saturated carbocycles. The molecule has 0 unspecified atom stereocenters. The number of nitriles is 1. The van der Waals surface area contributed by atoms with Crippen molar-refractivity contribution in [2.24, 2.45) is 5.14 Å². The van der Waals surface area contributed by atoms with Crippen LogP contribution in [0.25, 0.3) is 11.0 Å². The zero-order valence-corrected chi connectivity index (χ0v) is 15.5. The summed E-state index contributed by atoms with van der Waals surface area (Å²) in [5.74, 6) is 0.845. The number of allylic oxidation sites excluding steroid dienone is 2. The van der Waals surface area contributed by atoms with Gasteiger partial charge in [-0.2, -0.15) is 5.26 Å². The zero-order valence-electron chi connectivity index (χ0n) is 14.7. The topological polar surface area (TPSA) is 132 Å². The van der Waals surface area contributed by atoms with E-state index in [-0.39, 0.29) is 17.1 Å². The first-order chi connectivity index (χ1) is 12.9. The van der Waals surface area contributed by atoms with Gasteiger partial charge in [-0.1, -0.05) is 0 Å². The molecule has 27 heavy (non-hydrogen) atoms. The quantitative estimate of drug-likeness (QED) is 0.796. The number of rotatable bonds is 4. The minimum absolute atomic E-state index is 0.0164. The molecule has 9 nitrogen and oxygen atoms in total. The number of nitrogens with zero attached hydrogens (tertiary/aromatic N) is 5. The monoisotopic (exact) mass is 385 g/mol. The van der Waals surface area contributed by atoms with E-state index < -0.39 is 10.0 Å². The van der Waals surface area contributed by atoms with Crippen LogP contribution in [0.3, 0.4) is 0 Å². The van der Waals surface area contributed by atoms with Gasteiger partial charge in [0.05, 0.1) is 17.0 Å². The SMILES string of the molecule is CN(c1ncnc2[nH]ccc12)[C@H]1C[C@@H](N2CC=C(C#N)C=C2S(N)(=O)=O)C1. The number of H-pyrrole nitrogens is 1. The third-order valence-corrected chi connectivity index (χ3v) is 6.17. The Morgan fingerprint density at radius 1 is 1.41 bits per heavy atom. The molecule has 0 amide bonds. The summed E-state index contributed by atoms with van der Waals surface area (Å²) in [5, 5.41) is 15.4. The minimum atomic E-state index is -3.89. The van der Waals surface area contributed by atoms with Gasteiger partial charge in [-0.15, -0.1) is 0 Å². The maximum absolute atomic E-state index is 12.0. The average molecular weight is 385 g/mol. The van der Waals surface area contributed by atoms with E-state index in [1.165, 1.54) is 12.4 Å². The summed E-state index contributed by atoms with van der Waals surface area (Å²) in [6.07, 6.45) is 7.98. The predicted molar refractivity (Wildman–Crippen MR) is 101 cm³/mol. The standard InChI is InChI=1S/C17H19N7O2S/c1-23(17-14-2-4-20-16(14)21-10-22-17)12-7-13(8-12)24-5-3-11(9-18)6-15(24)27(19,25)26/h2-4,6,10,12-13H,5,7-8H2,1H3,(H2,19,25,26)(H,20,21,22)/t12-,13+. The summed E-state index contributed by atoms with van der Waals surface area (Å²) in [7, 11) is -1.91. The number of fused-ring (bicyclic) bond motifs is 1. The molecular formula is C17H19N7O2S. The van der Waals surface area contributed by atoms with Crippen molar-refractivity contribution in [1.29, 1.82) is 5.26 Å². The van der Waals surface area contributed by atoms with Gasteiger partial charge >= 0.3 is 0 Å². The molecule has 2 aromatic rings. The molecule has 10 heteroatoms. The van der Waals surface area contributed by atoms with Gasteiger partial charge in [-0.25, -0.2) is 23.5 Å². The molecule has 0 radical (unpaired) electrons. The number of hydrogen-bond acceptors (Lipinski definition) is 7. The normalized spacial score (nSPS) is 22.6. The first-order valence-electron chi connectivity index (χ1n) is 8.51. The fourth-order valence-corrected chi connectivity index (χ4v) is 4.50. The van der Waals surface area contributed by atoms with Crippen molar-refractivity contribution in [3.8, 4) is 6.07 Å². The highest BCUT2D eigenvalue weighted by Gasteiger charge is 2.40. The van der Waals surface area contributed by atoms with Crippen LogP contribution in [0, 0.1) is 11.3 Å². The van der Waals surface area contributed by atoms with Crippen LogP contribution in [-0.4, -0.2) is 53.9 Å². The van der Waals surface area contributed by atoms with E-state index in [1.807, 2.05) is 25.4 Å². The van der Waals surface area contributed by atoms with Crippen molar-refractivity contribution in [3.63, 3.8) is 0 Å². The lowest BCUT2D eigenvalue weighted by molar-refractivity contribution is 0.163. The van der Waals surface area contributed by atoms with Gasteiger partial charge in [-0.05, 0) is 31.1 Å². The molecule has 4 rings (SSSR count). The molecule has 3 heterocycles.